The van der Waals surface area contributed by atoms with Crippen LogP contribution in [0.2, 0.25) is 0 Å². The van der Waals surface area contributed by atoms with E-state index in [0.717, 1.165) is 54.6 Å². The van der Waals surface area contributed by atoms with Crippen molar-refractivity contribution >= 4 is 10.9 Å². The molecule has 2 aliphatic rings. The molecule has 7 nitrogen and oxygen atoms in total. The minimum Gasteiger partial charge on any atom is -0.322 e. The summed E-state index contributed by atoms with van der Waals surface area (Å²) >= 11 is 0. The van der Waals surface area contributed by atoms with Crippen molar-refractivity contribution in [3.63, 3.8) is 0 Å². The van der Waals surface area contributed by atoms with Crippen LogP contribution in [0.1, 0.15) is 80.9 Å². The first-order chi connectivity index (χ1) is 15.1. The molecule has 164 valence electrons. The number of nitrogens with zero attached hydrogens (tertiary/aromatic N) is 5. The lowest BCUT2D eigenvalue weighted by Gasteiger charge is -2.37. The topological polar surface area (TPSA) is 79.7 Å². The van der Waals surface area contributed by atoms with Crippen molar-refractivity contribution in [3.05, 3.63) is 51.6 Å². The zero-order chi connectivity index (χ0) is 21.4. The normalized spacial score (nSPS) is 22.1. The van der Waals surface area contributed by atoms with Crippen LogP contribution in [0.3, 0.4) is 0 Å². The molecule has 3 aromatic rings. The van der Waals surface area contributed by atoms with Gasteiger partial charge in [0.15, 0.2) is 5.82 Å². The van der Waals surface area contributed by atoms with Gasteiger partial charge in [0.1, 0.15) is 6.04 Å². The first kappa shape index (κ1) is 20.4. The third-order valence-electron chi connectivity index (χ3n) is 7.06. The maximum atomic E-state index is 13.3. The van der Waals surface area contributed by atoms with Crippen molar-refractivity contribution in [2.75, 3.05) is 13.1 Å². The summed E-state index contributed by atoms with van der Waals surface area (Å²) < 4.78 is 2.03. The van der Waals surface area contributed by atoms with Gasteiger partial charge in [0, 0.05) is 17.6 Å². The molecule has 2 aromatic heterocycles. The maximum absolute atomic E-state index is 13.3. The Labute approximate surface area is 182 Å². The Kier molecular flexibility index (Phi) is 5.61. The largest absolute Gasteiger partial charge is 0.322 e. The Morgan fingerprint density at radius 1 is 1.10 bits per heavy atom. The number of piperidine rings is 1. The van der Waals surface area contributed by atoms with Gasteiger partial charge in [0.2, 0.25) is 0 Å². The molecule has 0 radical (unpaired) electrons. The van der Waals surface area contributed by atoms with Gasteiger partial charge < -0.3 is 4.98 Å². The number of aromatic nitrogens is 5. The monoisotopic (exact) mass is 420 g/mol. The average Bonchev–Trinajstić information content (AvgIpc) is 3.25. The number of rotatable bonds is 4. The second-order valence-corrected chi connectivity index (χ2v) is 9.56. The number of aryl methyl sites for hydroxylation is 1. The minimum absolute atomic E-state index is 0.0437. The molecule has 2 fully saturated rings. The van der Waals surface area contributed by atoms with E-state index in [0.29, 0.717) is 12.0 Å². The third kappa shape index (κ3) is 4.03. The zero-order valence-electron chi connectivity index (χ0n) is 18.5. The Bertz CT molecular complexity index is 1110. The lowest BCUT2D eigenvalue weighted by Crippen LogP contribution is -2.41. The van der Waals surface area contributed by atoms with Gasteiger partial charge in [-0.25, -0.2) is 4.68 Å². The number of nitrogens with one attached hydrogen (secondary N) is 1. The molecular weight excluding hydrogens is 388 g/mol. The standard InChI is InChI=1S/C24H32N6O/c1-16-10-11-21-18(13-16)14-20(24(31)25-21)22(29-12-6-7-17(2)15-29)23-26-27-28-30(23)19-8-4-3-5-9-19/h10-11,13-14,17,19,22H,3-9,12,15H2,1-2H3,(H,25,31)/t17-,22-/m0/s1. The Morgan fingerprint density at radius 2 is 1.94 bits per heavy atom. The molecule has 1 N–H and O–H groups in total. The molecule has 31 heavy (non-hydrogen) atoms. The predicted octanol–water partition coefficient (Wildman–Crippen LogP) is 4.15. The first-order valence-electron chi connectivity index (χ1n) is 11.8. The molecule has 3 heterocycles. The lowest BCUT2D eigenvalue weighted by atomic mass is 9.93. The molecule has 1 aliphatic heterocycles. The quantitative estimate of drug-likeness (QED) is 0.686. The molecule has 0 unspecified atom stereocenters. The van der Waals surface area contributed by atoms with Crippen LogP contribution in [0.5, 0.6) is 0 Å². The fraction of sp³-hybridized carbons (Fsp3) is 0.583. The summed E-state index contributed by atoms with van der Waals surface area (Å²) in [5, 5.41) is 14.1. The molecule has 1 aromatic carbocycles. The molecule has 5 rings (SSSR count). The van der Waals surface area contributed by atoms with Crippen LogP contribution in [-0.4, -0.2) is 43.2 Å². The van der Waals surface area contributed by atoms with Gasteiger partial charge in [-0.2, -0.15) is 0 Å². The van der Waals surface area contributed by atoms with Crippen LogP contribution >= 0.6 is 0 Å². The summed E-state index contributed by atoms with van der Waals surface area (Å²) in [5.74, 6) is 1.41. The number of likely N-dealkylation sites (tertiary alicyclic amines) is 1. The van der Waals surface area contributed by atoms with Crippen LogP contribution in [0.25, 0.3) is 10.9 Å². The fourth-order valence-electron chi connectivity index (χ4n) is 5.47. The SMILES string of the molecule is Cc1ccc2[nH]c(=O)c([C@@H](c3nnnn3C3CCCCC3)N3CCC[C@H](C)C3)cc2c1. The van der Waals surface area contributed by atoms with Crippen LogP contribution in [0, 0.1) is 12.8 Å². The number of benzene rings is 1. The van der Waals surface area contributed by atoms with Crippen LogP contribution in [0.4, 0.5) is 0 Å². The Morgan fingerprint density at radius 3 is 2.74 bits per heavy atom. The summed E-state index contributed by atoms with van der Waals surface area (Å²) in [4.78, 5) is 18.8. The van der Waals surface area contributed by atoms with Crippen molar-refractivity contribution in [3.8, 4) is 0 Å². The Balaban J connectivity index is 1.64. The van der Waals surface area contributed by atoms with E-state index >= 15 is 0 Å². The summed E-state index contributed by atoms with van der Waals surface area (Å²) in [7, 11) is 0. The average molecular weight is 421 g/mol. The molecule has 0 amide bonds. The lowest BCUT2D eigenvalue weighted by molar-refractivity contribution is 0.138. The van der Waals surface area contributed by atoms with Crippen LogP contribution in [-0.2, 0) is 0 Å². The van der Waals surface area contributed by atoms with Gasteiger partial charge in [-0.05, 0) is 79.1 Å². The summed E-state index contributed by atoms with van der Waals surface area (Å²) in [6.07, 6.45) is 8.28. The van der Waals surface area contributed by atoms with Gasteiger partial charge >= 0.3 is 0 Å². The number of aromatic amines is 1. The van der Waals surface area contributed by atoms with Gasteiger partial charge in [-0.3, -0.25) is 9.69 Å². The fourth-order valence-corrected chi connectivity index (χ4v) is 5.47. The number of H-pyrrole nitrogens is 1. The molecule has 7 heteroatoms. The molecular formula is C24H32N6O. The highest BCUT2D eigenvalue weighted by molar-refractivity contribution is 5.79. The second kappa shape index (κ2) is 8.54. The van der Waals surface area contributed by atoms with Gasteiger partial charge in [-0.1, -0.05) is 37.8 Å². The van der Waals surface area contributed by atoms with Crippen molar-refractivity contribution in [1.82, 2.24) is 30.1 Å². The van der Waals surface area contributed by atoms with E-state index in [9.17, 15) is 4.79 Å². The number of tetrazole rings is 1. The second-order valence-electron chi connectivity index (χ2n) is 9.56. The number of hydrogen-bond donors (Lipinski definition) is 1. The van der Waals surface area contributed by atoms with Crippen molar-refractivity contribution in [2.24, 2.45) is 5.92 Å². The predicted molar refractivity (Wildman–Crippen MR) is 121 cm³/mol. The summed E-state index contributed by atoms with van der Waals surface area (Å²) in [5.41, 5.74) is 2.76. The van der Waals surface area contributed by atoms with Crippen molar-refractivity contribution in [1.29, 1.82) is 0 Å². The van der Waals surface area contributed by atoms with Gasteiger partial charge in [0.05, 0.1) is 6.04 Å². The van der Waals surface area contributed by atoms with E-state index in [-0.39, 0.29) is 11.6 Å². The summed E-state index contributed by atoms with van der Waals surface area (Å²) in [6.45, 7) is 6.28. The van der Waals surface area contributed by atoms with Crippen molar-refractivity contribution < 1.29 is 0 Å². The summed E-state index contributed by atoms with van der Waals surface area (Å²) in [6, 6.07) is 8.31. The molecule has 2 atom stereocenters. The molecule has 1 saturated heterocycles. The van der Waals surface area contributed by atoms with E-state index in [4.69, 9.17) is 0 Å². The maximum Gasteiger partial charge on any atom is 0.253 e. The molecule has 1 saturated carbocycles. The highest BCUT2D eigenvalue weighted by Crippen LogP contribution is 2.34. The number of pyridine rings is 1. The van der Waals surface area contributed by atoms with Crippen molar-refractivity contribution in [2.45, 2.75) is 70.9 Å². The third-order valence-corrected chi connectivity index (χ3v) is 7.06. The van der Waals surface area contributed by atoms with E-state index in [1.807, 2.05) is 16.8 Å². The van der Waals surface area contributed by atoms with Gasteiger partial charge in [-0.15, -0.1) is 5.10 Å². The van der Waals surface area contributed by atoms with E-state index in [2.05, 4.69) is 51.4 Å². The molecule has 0 bridgehead atoms. The van der Waals surface area contributed by atoms with E-state index in [1.165, 1.54) is 31.2 Å². The van der Waals surface area contributed by atoms with Crippen LogP contribution in [0.15, 0.2) is 29.1 Å². The number of hydrogen-bond acceptors (Lipinski definition) is 5. The Hall–Kier alpha value is -2.54. The van der Waals surface area contributed by atoms with E-state index in [1.54, 1.807) is 0 Å². The highest BCUT2D eigenvalue weighted by atomic mass is 16.1. The smallest absolute Gasteiger partial charge is 0.253 e. The highest BCUT2D eigenvalue weighted by Gasteiger charge is 2.34. The van der Waals surface area contributed by atoms with Gasteiger partial charge in [0.25, 0.3) is 5.56 Å². The first-order valence-corrected chi connectivity index (χ1v) is 11.8. The number of fused-ring (bicyclic) bond motifs is 1. The molecule has 1 aliphatic carbocycles. The zero-order valence-corrected chi connectivity index (χ0v) is 18.5. The molecule has 0 spiro atoms. The van der Waals surface area contributed by atoms with E-state index < -0.39 is 0 Å². The van der Waals surface area contributed by atoms with Crippen LogP contribution < -0.4 is 5.56 Å². The minimum atomic E-state index is -0.228.